The monoisotopic (exact) mass is 399 g/mol. The van der Waals surface area contributed by atoms with E-state index in [-0.39, 0.29) is 11.9 Å². The molecular formula is C21H25N3O3S. The zero-order chi connectivity index (χ0) is 19.6. The molecule has 1 heterocycles. The van der Waals surface area contributed by atoms with E-state index in [0.29, 0.717) is 42.4 Å². The third kappa shape index (κ3) is 4.36. The van der Waals surface area contributed by atoms with Crippen LogP contribution in [0.1, 0.15) is 36.0 Å². The van der Waals surface area contributed by atoms with Crippen LogP contribution in [0.25, 0.3) is 0 Å². The maximum Gasteiger partial charge on any atom is 0.253 e. The highest BCUT2D eigenvalue weighted by Gasteiger charge is 2.28. The number of carbonyl (C=O) groups excluding carboxylic acids is 1. The third-order valence-electron chi connectivity index (χ3n) is 5.27. The Morgan fingerprint density at radius 3 is 2.18 bits per heavy atom. The van der Waals surface area contributed by atoms with Gasteiger partial charge in [-0.2, -0.15) is 0 Å². The van der Waals surface area contributed by atoms with Crippen LogP contribution < -0.4 is 14.9 Å². The molecule has 2 N–H and O–H groups in total. The third-order valence-corrected chi connectivity index (χ3v) is 6.81. The Balaban J connectivity index is 1.40. The van der Waals surface area contributed by atoms with Crippen LogP contribution in [0.2, 0.25) is 0 Å². The highest BCUT2D eigenvalue weighted by Crippen LogP contribution is 2.26. The number of nitrogens with zero attached hydrogens (tertiary/aromatic N) is 1. The SMILES string of the molecule is O=C(NC1CC1)c1ccccc1N1CCC(NS(=O)(=O)c2ccccc2)CC1. The van der Waals surface area contributed by atoms with Crippen molar-refractivity contribution in [2.75, 3.05) is 18.0 Å². The molecule has 1 amide bonds. The van der Waals surface area contributed by atoms with Crippen LogP contribution in [0.4, 0.5) is 5.69 Å². The van der Waals surface area contributed by atoms with E-state index in [0.717, 1.165) is 18.5 Å². The fraction of sp³-hybridized carbons (Fsp3) is 0.381. The maximum atomic E-state index is 12.5. The lowest BCUT2D eigenvalue weighted by Gasteiger charge is -2.34. The van der Waals surface area contributed by atoms with Gasteiger partial charge in [0.2, 0.25) is 10.0 Å². The number of sulfonamides is 1. The Morgan fingerprint density at radius 1 is 0.857 bits per heavy atom. The van der Waals surface area contributed by atoms with Crippen LogP contribution in [-0.2, 0) is 10.0 Å². The van der Waals surface area contributed by atoms with Gasteiger partial charge in [-0.1, -0.05) is 30.3 Å². The molecule has 1 saturated heterocycles. The zero-order valence-electron chi connectivity index (χ0n) is 15.7. The second-order valence-electron chi connectivity index (χ2n) is 7.46. The predicted molar refractivity (Wildman–Crippen MR) is 109 cm³/mol. The molecule has 4 rings (SSSR count). The van der Waals surface area contributed by atoms with Crippen LogP contribution in [-0.4, -0.2) is 39.5 Å². The normalized spacial score (nSPS) is 18.1. The Labute approximate surface area is 166 Å². The summed E-state index contributed by atoms with van der Waals surface area (Å²) in [7, 11) is -3.50. The first-order valence-corrected chi connectivity index (χ1v) is 11.2. The molecule has 0 atom stereocenters. The predicted octanol–water partition coefficient (Wildman–Crippen LogP) is 2.53. The lowest BCUT2D eigenvalue weighted by atomic mass is 10.0. The zero-order valence-corrected chi connectivity index (χ0v) is 16.5. The Morgan fingerprint density at radius 2 is 1.50 bits per heavy atom. The van der Waals surface area contributed by atoms with Crippen molar-refractivity contribution >= 4 is 21.6 Å². The van der Waals surface area contributed by atoms with Crippen molar-refractivity contribution in [3.63, 3.8) is 0 Å². The minimum Gasteiger partial charge on any atom is -0.371 e. The minimum absolute atomic E-state index is 0.0231. The van der Waals surface area contributed by atoms with Crippen molar-refractivity contribution in [1.29, 1.82) is 0 Å². The fourth-order valence-electron chi connectivity index (χ4n) is 3.56. The van der Waals surface area contributed by atoms with Crippen molar-refractivity contribution in [2.24, 2.45) is 0 Å². The average molecular weight is 400 g/mol. The highest BCUT2D eigenvalue weighted by atomic mass is 32.2. The van der Waals surface area contributed by atoms with Gasteiger partial charge in [-0.3, -0.25) is 4.79 Å². The van der Waals surface area contributed by atoms with Crippen molar-refractivity contribution in [3.05, 3.63) is 60.2 Å². The lowest BCUT2D eigenvalue weighted by molar-refractivity contribution is 0.0951. The quantitative estimate of drug-likeness (QED) is 0.782. The summed E-state index contributed by atoms with van der Waals surface area (Å²) < 4.78 is 27.9. The van der Waals surface area contributed by atoms with Crippen LogP contribution in [0.15, 0.2) is 59.5 Å². The van der Waals surface area contributed by atoms with Gasteiger partial charge >= 0.3 is 0 Å². The number of amides is 1. The number of carbonyl (C=O) groups is 1. The number of anilines is 1. The Bertz CT molecular complexity index is 934. The van der Waals surface area contributed by atoms with Gasteiger partial charge in [0.05, 0.1) is 10.5 Å². The molecule has 2 aliphatic rings. The first-order chi connectivity index (χ1) is 13.5. The maximum absolute atomic E-state index is 12.5. The van der Waals surface area contributed by atoms with E-state index in [9.17, 15) is 13.2 Å². The summed E-state index contributed by atoms with van der Waals surface area (Å²) in [6.45, 7) is 1.41. The first-order valence-electron chi connectivity index (χ1n) is 9.75. The largest absolute Gasteiger partial charge is 0.371 e. The highest BCUT2D eigenvalue weighted by molar-refractivity contribution is 7.89. The lowest BCUT2D eigenvalue weighted by Crippen LogP contribution is -2.45. The van der Waals surface area contributed by atoms with Crippen LogP contribution in [0.3, 0.4) is 0 Å². The van der Waals surface area contributed by atoms with E-state index in [1.165, 1.54) is 0 Å². The average Bonchev–Trinajstić information content (AvgIpc) is 3.53. The molecule has 0 radical (unpaired) electrons. The summed E-state index contributed by atoms with van der Waals surface area (Å²) >= 11 is 0. The number of para-hydroxylation sites is 1. The summed E-state index contributed by atoms with van der Waals surface area (Å²) in [4.78, 5) is 15.0. The van der Waals surface area contributed by atoms with Gasteiger partial charge < -0.3 is 10.2 Å². The van der Waals surface area contributed by atoms with Crippen molar-refractivity contribution < 1.29 is 13.2 Å². The fourth-order valence-corrected chi connectivity index (χ4v) is 4.88. The smallest absolute Gasteiger partial charge is 0.253 e. The molecule has 6 nitrogen and oxygen atoms in total. The number of nitrogens with one attached hydrogen (secondary N) is 2. The van der Waals surface area contributed by atoms with Gasteiger partial charge in [0.25, 0.3) is 5.91 Å². The van der Waals surface area contributed by atoms with Gasteiger partial charge in [-0.15, -0.1) is 0 Å². The number of hydrogen-bond acceptors (Lipinski definition) is 4. The molecule has 0 unspecified atom stereocenters. The van der Waals surface area contributed by atoms with Gasteiger partial charge in [0.1, 0.15) is 0 Å². The van der Waals surface area contributed by atoms with Crippen LogP contribution in [0, 0.1) is 0 Å². The van der Waals surface area contributed by atoms with Gasteiger partial charge in [-0.25, -0.2) is 13.1 Å². The molecule has 0 spiro atoms. The Hall–Kier alpha value is -2.38. The molecule has 7 heteroatoms. The van der Waals surface area contributed by atoms with Crippen molar-refractivity contribution in [2.45, 2.75) is 42.7 Å². The molecule has 2 aromatic carbocycles. The van der Waals surface area contributed by atoms with E-state index >= 15 is 0 Å². The second kappa shape index (κ2) is 7.93. The number of rotatable bonds is 6. The van der Waals surface area contributed by atoms with Crippen molar-refractivity contribution in [3.8, 4) is 0 Å². The van der Waals surface area contributed by atoms with E-state index in [1.807, 2.05) is 24.3 Å². The number of hydrogen-bond donors (Lipinski definition) is 2. The minimum atomic E-state index is -3.50. The number of benzene rings is 2. The molecule has 148 valence electrons. The Kier molecular flexibility index (Phi) is 5.37. The van der Waals surface area contributed by atoms with Gasteiger partial charge in [0, 0.05) is 30.9 Å². The molecule has 2 fully saturated rings. The van der Waals surface area contributed by atoms with Crippen molar-refractivity contribution in [1.82, 2.24) is 10.0 Å². The molecule has 28 heavy (non-hydrogen) atoms. The van der Waals surface area contributed by atoms with Crippen LogP contribution >= 0.6 is 0 Å². The molecule has 1 aliphatic heterocycles. The summed E-state index contributed by atoms with van der Waals surface area (Å²) in [5.41, 5.74) is 1.61. The molecule has 1 saturated carbocycles. The summed E-state index contributed by atoms with van der Waals surface area (Å²) in [6.07, 6.45) is 3.51. The summed E-state index contributed by atoms with van der Waals surface area (Å²) in [5, 5.41) is 3.05. The molecular weight excluding hydrogens is 374 g/mol. The van der Waals surface area contributed by atoms with Gasteiger partial charge in [-0.05, 0) is 49.9 Å². The van der Waals surface area contributed by atoms with Crippen LogP contribution in [0.5, 0.6) is 0 Å². The van der Waals surface area contributed by atoms with E-state index in [4.69, 9.17) is 0 Å². The first kappa shape index (κ1) is 19.0. The molecule has 0 aromatic heterocycles. The second-order valence-corrected chi connectivity index (χ2v) is 9.17. The molecule has 2 aromatic rings. The number of piperidine rings is 1. The van der Waals surface area contributed by atoms with E-state index in [2.05, 4.69) is 14.9 Å². The standard InChI is InChI=1S/C21H25N3O3S/c25-21(22-16-10-11-16)19-8-4-5-9-20(19)24-14-12-17(13-15-24)23-28(26,27)18-6-2-1-3-7-18/h1-9,16-17,23H,10-15H2,(H,22,25). The van der Waals surface area contributed by atoms with Gasteiger partial charge in [0.15, 0.2) is 0 Å². The van der Waals surface area contributed by atoms with E-state index in [1.54, 1.807) is 30.3 Å². The van der Waals surface area contributed by atoms with E-state index < -0.39 is 10.0 Å². The molecule has 1 aliphatic carbocycles. The summed E-state index contributed by atoms with van der Waals surface area (Å²) in [6, 6.07) is 16.3. The summed E-state index contributed by atoms with van der Waals surface area (Å²) in [5.74, 6) is -0.0231. The topological polar surface area (TPSA) is 78.5 Å². The molecule has 0 bridgehead atoms.